The summed E-state index contributed by atoms with van der Waals surface area (Å²) in [6, 6.07) is 0. The number of carbonyl (C=O) groups is 3. The molecular weight excluding hydrogens is 408 g/mol. The summed E-state index contributed by atoms with van der Waals surface area (Å²) in [4.78, 5) is 41.3. The molecule has 0 spiro atoms. The van der Waals surface area contributed by atoms with E-state index in [0.717, 1.165) is 25.7 Å². The topological polar surface area (TPSA) is 76.2 Å². The molecule has 0 saturated carbocycles. The average Bonchev–Trinajstić information content (AvgIpc) is 2.70. The summed E-state index contributed by atoms with van der Waals surface area (Å²) in [6.45, 7) is 17.9. The van der Waals surface area contributed by atoms with Gasteiger partial charge in [-0.1, -0.05) is 13.8 Å². The highest BCUT2D eigenvalue weighted by molar-refractivity contribution is 5.83. The van der Waals surface area contributed by atoms with E-state index in [1.807, 2.05) is 55.4 Å². The lowest BCUT2D eigenvalue weighted by Crippen LogP contribution is -2.45. The van der Waals surface area contributed by atoms with Crippen molar-refractivity contribution in [1.29, 1.82) is 0 Å². The molecule has 0 aromatic rings. The Morgan fingerprint density at radius 1 is 0.656 bits per heavy atom. The van der Waals surface area contributed by atoms with Crippen LogP contribution in [-0.4, -0.2) is 65.2 Å². The molecule has 7 nitrogen and oxygen atoms in total. The third kappa shape index (κ3) is 7.66. The number of hydrogen-bond acceptors (Lipinski definition) is 5. The van der Waals surface area contributed by atoms with Gasteiger partial charge in [0.25, 0.3) is 0 Å². The van der Waals surface area contributed by atoms with Gasteiger partial charge in [-0.2, -0.15) is 0 Å². The summed E-state index contributed by atoms with van der Waals surface area (Å²) >= 11 is 0. The van der Waals surface area contributed by atoms with Crippen molar-refractivity contribution < 1.29 is 23.9 Å². The van der Waals surface area contributed by atoms with Crippen molar-refractivity contribution in [3.8, 4) is 0 Å². The molecule has 2 aliphatic heterocycles. The lowest BCUT2D eigenvalue weighted by atomic mass is 9.74. The van der Waals surface area contributed by atoms with Crippen LogP contribution in [0.5, 0.6) is 0 Å². The van der Waals surface area contributed by atoms with Crippen LogP contribution in [0, 0.1) is 23.7 Å². The molecule has 7 heteroatoms. The third-order valence-corrected chi connectivity index (χ3v) is 6.69. The first-order valence-corrected chi connectivity index (χ1v) is 12.2. The van der Waals surface area contributed by atoms with Gasteiger partial charge in [0.05, 0.1) is 0 Å². The van der Waals surface area contributed by atoms with Gasteiger partial charge in [0.1, 0.15) is 17.0 Å². The first kappa shape index (κ1) is 26.5. The molecule has 32 heavy (non-hydrogen) atoms. The van der Waals surface area contributed by atoms with Crippen LogP contribution < -0.4 is 0 Å². The molecule has 0 aliphatic carbocycles. The van der Waals surface area contributed by atoms with E-state index >= 15 is 0 Å². The van der Waals surface area contributed by atoms with E-state index in [-0.39, 0.29) is 24.0 Å². The second-order valence-corrected chi connectivity index (χ2v) is 11.6. The van der Waals surface area contributed by atoms with Gasteiger partial charge in [0.2, 0.25) is 0 Å². The van der Waals surface area contributed by atoms with E-state index in [0.29, 0.717) is 43.8 Å². The zero-order valence-electron chi connectivity index (χ0n) is 21.4. The van der Waals surface area contributed by atoms with Crippen molar-refractivity contribution in [2.75, 3.05) is 26.2 Å². The number of nitrogens with zero attached hydrogens (tertiary/aromatic N) is 2. The number of rotatable bonds is 4. The van der Waals surface area contributed by atoms with E-state index in [4.69, 9.17) is 9.47 Å². The van der Waals surface area contributed by atoms with Crippen molar-refractivity contribution in [2.45, 2.75) is 92.3 Å². The van der Waals surface area contributed by atoms with Crippen LogP contribution >= 0.6 is 0 Å². The SMILES string of the molecule is CC(C(=O)C(C)C1CCN(C(=O)OC(C)(C)C)CC1)C1CCN(C(=O)OC(C)(C)C)CC1. The van der Waals surface area contributed by atoms with Crippen LogP contribution in [0.15, 0.2) is 0 Å². The van der Waals surface area contributed by atoms with Crippen LogP contribution in [0.1, 0.15) is 81.1 Å². The molecule has 0 aromatic heterocycles. The standard InChI is InChI=1S/C25H44N2O5/c1-17(19-9-13-26(14-10-19)22(29)31-24(3,4)5)21(28)18(2)20-11-15-27(16-12-20)23(30)32-25(6,7)8/h17-20H,9-16H2,1-8H3. The number of Topliss-reactive ketones (excluding diaryl/α,β-unsaturated/α-hetero) is 1. The van der Waals surface area contributed by atoms with Gasteiger partial charge in [0, 0.05) is 38.0 Å². The molecule has 2 heterocycles. The Kier molecular flexibility index (Phi) is 8.62. The molecular formula is C25H44N2O5. The van der Waals surface area contributed by atoms with Gasteiger partial charge < -0.3 is 19.3 Å². The number of ether oxygens (including phenoxy) is 2. The lowest BCUT2D eigenvalue weighted by Gasteiger charge is -2.38. The fourth-order valence-electron chi connectivity index (χ4n) is 4.70. The predicted octanol–water partition coefficient (Wildman–Crippen LogP) is 5.12. The predicted molar refractivity (Wildman–Crippen MR) is 124 cm³/mol. The van der Waals surface area contributed by atoms with Crippen LogP contribution in [-0.2, 0) is 14.3 Å². The van der Waals surface area contributed by atoms with Gasteiger partial charge >= 0.3 is 12.2 Å². The van der Waals surface area contributed by atoms with Gasteiger partial charge in [-0.15, -0.1) is 0 Å². The summed E-state index contributed by atoms with van der Waals surface area (Å²) in [7, 11) is 0. The first-order chi connectivity index (χ1) is 14.7. The normalized spacial score (nSPS) is 21.1. The first-order valence-electron chi connectivity index (χ1n) is 12.2. The Morgan fingerprint density at radius 3 is 1.19 bits per heavy atom. The van der Waals surface area contributed by atoms with Crippen molar-refractivity contribution in [1.82, 2.24) is 9.80 Å². The molecule has 2 unspecified atom stereocenters. The molecule has 184 valence electrons. The molecule has 2 atom stereocenters. The summed E-state index contributed by atoms with van der Waals surface area (Å²) in [5, 5.41) is 0. The van der Waals surface area contributed by atoms with E-state index < -0.39 is 11.2 Å². The largest absolute Gasteiger partial charge is 0.444 e. The molecule has 0 N–H and O–H groups in total. The van der Waals surface area contributed by atoms with Crippen LogP contribution in [0.2, 0.25) is 0 Å². The zero-order valence-corrected chi connectivity index (χ0v) is 21.4. The van der Waals surface area contributed by atoms with Gasteiger partial charge in [-0.3, -0.25) is 4.79 Å². The molecule has 0 bridgehead atoms. The van der Waals surface area contributed by atoms with Crippen molar-refractivity contribution in [2.24, 2.45) is 23.7 Å². The van der Waals surface area contributed by atoms with Crippen LogP contribution in [0.25, 0.3) is 0 Å². The summed E-state index contributed by atoms with van der Waals surface area (Å²) in [5.74, 6) is 0.872. The number of hydrogen-bond donors (Lipinski definition) is 0. The van der Waals surface area contributed by atoms with Gasteiger partial charge in [-0.05, 0) is 79.1 Å². The Hall–Kier alpha value is -1.79. The molecule has 2 rings (SSSR count). The number of ketones is 1. The van der Waals surface area contributed by atoms with Gasteiger partial charge in [-0.25, -0.2) is 9.59 Å². The van der Waals surface area contributed by atoms with Crippen molar-refractivity contribution in [3.63, 3.8) is 0 Å². The Morgan fingerprint density at radius 2 is 0.938 bits per heavy atom. The maximum atomic E-state index is 13.2. The average molecular weight is 453 g/mol. The number of carbonyl (C=O) groups excluding carboxylic acids is 3. The minimum Gasteiger partial charge on any atom is -0.444 e. The Balaban J connectivity index is 1.81. The highest BCUT2D eigenvalue weighted by Gasteiger charge is 2.37. The fourth-order valence-corrected chi connectivity index (χ4v) is 4.70. The maximum Gasteiger partial charge on any atom is 0.410 e. The van der Waals surface area contributed by atoms with E-state index in [9.17, 15) is 14.4 Å². The number of amides is 2. The third-order valence-electron chi connectivity index (χ3n) is 6.69. The summed E-state index contributed by atoms with van der Waals surface area (Å²) in [6.07, 6.45) is 2.79. The monoisotopic (exact) mass is 452 g/mol. The molecule has 2 aliphatic rings. The Bertz CT molecular complexity index is 607. The molecule has 0 radical (unpaired) electrons. The van der Waals surface area contributed by atoms with E-state index in [2.05, 4.69) is 0 Å². The zero-order chi connectivity index (χ0) is 24.3. The molecule has 2 amide bonds. The minimum atomic E-state index is -0.494. The van der Waals surface area contributed by atoms with Gasteiger partial charge in [0.15, 0.2) is 0 Å². The lowest BCUT2D eigenvalue weighted by molar-refractivity contribution is -0.130. The van der Waals surface area contributed by atoms with Crippen LogP contribution in [0.4, 0.5) is 9.59 Å². The number of likely N-dealkylation sites (tertiary alicyclic amines) is 2. The summed E-state index contributed by atoms with van der Waals surface area (Å²) in [5.41, 5.74) is -0.989. The highest BCUT2D eigenvalue weighted by atomic mass is 16.6. The second kappa shape index (κ2) is 10.4. The summed E-state index contributed by atoms with van der Waals surface area (Å²) < 4.78 is 10.9. The molecule has 2 saturated heterocycles. The number of piperidine rings is 2. The fraction of sp³-hybridized carbons (Fsp3) is 0.880. The molecule has 0 aromatic carbocycles. The van der Waals surface area contributed by atoms with Crippen molar-refractivity contribution >= 4 is 18.0 Å². The highest BCUT2D eigenvalue weighted by Crippen LogP contribution is 2.33. The van der Waals surface area contributed by atoms with E-state index in [1.54, 1.807) is 9.80 Å². The minimum absolute atomic E-state index is 0.0188. The smallest absolute Gasteiger partial charge is 0.410 e. The Labute approximate surface area is 194 Å². The second-order valence-electron chi connectivity index (χ2n) is 11.6. The van der Waals surface area contributed by atoms with Crippen molar-refractivity contribution in [3.05, 3.63) is 0 Å². The van der Waals surface area contributed by atoms with Crippen LogP contribution in [0.3, 0.4) is 0 Å². The van der Waals surface area contributed by atoms with E-state index in [1.165, 1.54) is 0 Å². The molecule has 2 fully saturated rings. The maximum absolute atomic E-state index is 13.2. The quantitative estimate of drug-likeness (QED) is 0.592.